The monoisotopic (exact) mass is 362 g/mol. The second-order valence-corrected chi connectivity index (χ2v) is 7.23. The van der Waals surface area contributed by atoms with Gasteiger partial charge in [-0.25, -0.2) is 0 Å². The lowest BCUT2D eigenvalue weighted by atomic mass is 9.97. The zero-order valence-electron chi connectivity index (χ0n) is 15.7. The quantitative estimate of drug-likeness (QED) is 0.435. The minimum atomic E-state index is -0.544. The smallest absolute Gasteiger partial charge is 0.311 e. The molecule has 0 aromatic rings. The van der Waals surface area contributed by atoms with Gasteiger partial charge in [0.05, 0.1) is 18.6 Å². The maximum atomic E-state index is 11.9. The van der Waals surface area contributed by atoms with Gasteiger partial charge in [0.1, 0.15) is 24.4 Å². The van der Waals surface area contributed by atoms with E-state index in [1.807, 2.05) is 32.9 Å². The van der Waals surface area contributed by atoms with E-state index in [-0.39, 0.29) is 36.9 Å². The highest BCUT2D eigenvalue weighted by Gasteiger charge is 2.27. The lowest BCUT2D eigenvalue weighted by molar-refractivity contribution is -0.159. The predicted molar refractivity (Wildman–Crippen MR) is 95.0 cm³/mol. The molecule has 0 fully saturated rings. The Labute approximate surface area is 154 Å². The highest BCUT2D eigenvalue weighted by atomic mass is 16.6. The molecular weight excluding hydrogens is 336 g/mol. The molecule has 0 aliphatic carbocycles. The number of hydrogen-bond acceptors (Lipinski definition) is 6. The Balaban J connectivity index is 1.84. The van der Waals surface area contributed by atoms with E-state index in [2.05, 4.69) is 11.8 Å². The van der Waals surface area contributed by atoms with Crippen molar-refractivity contribution in [3.8, 4) is 11.8 Å². The van der Waals surface area contributed by atoms with Gasteiger partial charge >= 0.3 is 11.9 Å². The highest BCUT2D eigenvalue weighted by Crippen LogP contribution is 2.19. The van der Waals surface area contributed by atoms with Crippen molar-refractivity contribution in [2.75, 3.05) is 13.2 Å². The summed E-state index contributed by atoms with van der Waals surface area (Å²) in [4.78, 5) is 23.0. The van der Waals surface area contributed by atoms with Crippen molar-refractivity contribution in [2.24, 2.45) is 5.41 Å². The fraction of sp³-hybridized carbons (Fsp3) is 0.600. The van der Waals surface area contributed by atoms with E-state index in [1.165, 1.54) is 6.92 Å². The molecule has 6 heteroatoms. The van der Waals surface area contributed by atoms with Gasteiger partial charge in [-0.2, -0.15) is 0 Å². The lowest BCUT2D eigenvalue weighted by Crippen LogP contribution is -2.34. The summed E-state index contributed by atoms with van der Waals surface area (Å²) in [6.45, 7) is 7.55. The van der Waals surface area contributed by atoms with Crippen LogP contribution in [0.1, 0.15) is 34.1 Å². The molecule has 0 amide bonds. The average Bonchev–Trinajstić information content (AvgIpc) is 2.56. The fourth-order valence-electron chi connectivity index (χ4n) is 2.34. The molecule has 0 saturated heterocycles. The summed E-state index contributed by atoms with van der Waals surface area (Å²) in [5, 5.41) is 0. The molecule has 0 N–H and O–H groups in total. The standard InChI is InChI=1S/C20H26O6/c1-14(21)25-18-9-6-12-23-17(18)8-5-7-15-10-11-16(13-24-15)26-19(22)20(2,3)4/h6,9-11,15-18H,8,12-13H2,1-4H3/t15-,16-,17+,18-/m0/s1. The maximum absolute atomic E-state index is 11.9. The Hall–Kier alpha value is -2.10. The van der Waals surface area contributed by atoms with E-state index < -0.39 is 11.5 Å². The van der Waals surface area contributed by atoms with Crippen LogP contribution in [-0.4, -0.2) is 49.6 Å². The van der Waals surface area contributed by atoms with E-state index in [0.717, 1.165) is 0 Å². The van der Waals surface area contributed by atoms with Gasteiger partial charge in [-0.1, -0.05) is 17.9 Å². The van der Waals surface area contributed by atoms with Crippen LogP contribution in [0, 0.1) is 17.3 Å². The zero-order valence-corrected chi connectivity index (χ0v) is 15.7. The summed E-state index contributed by atoms with van der Waals surface area (Å²) in [7, 11) is 0. The molecule has 6 nitrogen and oxygen atoms in total. The van der Waals surface area contributed by atoms with Crippen LogP contribution in [0.4, 0.5) is 0 Å². The van der Waals surface area contributed by atoms with E-state index >= 15 is 0 Å². The summed E-state index contributed by atoms with van der Waals surface area (Å²) < 4.78 is 21.8. The van der Waals surface area contributed by atoms with Crippen molar-refractivity contribution in [3.05, 3.63) is 24.3 Å². The van der Waals surface area contributed by atoms with E-state index in [9.17, 15) is 9.59 Å². The third kappa shape index (κ3) is 6.32. The van der Waals surface area contributed by atoms with Crippen LogP contribution in [0.15, 0.2) is 24.3 Å². The third-order valence-corrected chi connectivity index (χ3v) is 3.76. The second kappa shape index (κ2) is 9.02. The van der Waals surface area contributed by atoms with Crippen molar-refractivity contribution in [1.82, 2.24) is 0 Å². The number of carbonyl (C=O) groups excluding carboxylic acids is 2. The number of carbonyl (C=O) groups is 2. The Kier molecular flexibility index (Phi) is 7.01. The SMILES string of the molecule is CC(=O)O[C@H]1C=CCO[C@@H]1CC#C[C@H]1C=C[C@H](OC(=O)C(C)(C)C)CO1. The van der Waals surface area contributed by atoms with Crippen LogP contribution in [0.25, 0.3) is 0 Å². The molecule has 2 heterocycles. The number of hydrogen-bond donors (Lipinski definition) is 0. The van der Waals surface area contributed by atoms with Crippen molar-refractivity contribution in [2.45, 2.75) is 58.5 Å². The number of esters is 2. The summed E-state index contributed by atoms with van der Waals surface area (Å²) >= 11 is 0. The van der Waals surface area contributed by atoms with Gasteiger partial charge in [0, 0.05) is 13.3 Å². The Morgan fingerprint density at radius 2 is 1.92 bits per heavy atom. The Bertz CT molecular complexity index is 631. The van der Waals surface area contributed by atoms with Gasteiger partial charge in [-0.3, -0.25) is 9.59 Å². The van der Waals surface area contributed by atoms with Crippen molar-refractivity contribution in [3.63, 3.8) is 0 Å². The van der Waals surface area contributed by atoms with Gasteiger partial charge in [0.25, 0.3) is 0 Å². The van der Waals surface area contributed by atoms with Crippen molar-refractivity contribution >= 4 is 11.9 Å². The molecule has 0 radical (unpaired) electrons. The molecule has 0 bridgehead atoms. The van der Waals surface area contributed by atoms with Crippen molar-refractivity contribution < 1.29 is 28.5 Å². The van der Waals surface area contributed by atoms with Gasteiger partial charge in [-0.15, -0.1) is 0 Å². The Morgan fingerprint density at radius 3 is 2.54 bits per heavy atom. The molecule has 0 aromatic heterocycles. The minimum Gasteiger partial charge on any atom is -0.455 e. The molecule has 2 rings (SSSR count). The van der Waals surface area contributed by atoms with Crippen LogP contribution < -0.4 is 0 Å². The van der Waals surface area contributed by atoms with E-state index in [4.69, 9.17) is 18.9 Å². The summed E-state index contributed by atoms with van der Waals surface area (Å²) in [6.07, 6.45) is 6.20. The van der Waals surface area contributed by atoms with Gasteiger partial charge < -0.3 is 18.9 Å². The molecule has 0 aromatic carbocycles. The van der Waals surface area contributed by atoms with Crippen LogP contribution in [0.2, 0.25) is 0 Å². The molecule has 0 saturated carbocycles. The fourth-order valence-corrected chi connectivity index (χ4v) is 2.34. The minimum absolute atomic E-state index is 0.265. The number of ether oxygens (including phenoxy) is 4. The molecule has 0 spiro atoms. The second-order valence-electron chi connectivity index (χ2n) is 7.23. The molecule has 26 heavy (non-hydrogen) atoms. The largest absolute Gasteiger partial charge is 0.455 e. The van der Waals surface area contributed by atoms with E-state index in [1.54, 1.807) is 12.2 Å². The number of rotatable bonds is 3. The highest BCUT2D eigenvalue weighted by molar-refractivity contribution is 5.75. The molecule has 2 aliphatic heterocycles. The Morgan fingerprint density at radius 1 is 1.15 bits per heavy atom. The normalized spacial score (nSPS) is 28.0. The maximum Gasteiger partial charge on any atom is 0.311 e. The van der Waals surface area contributed by atoms with Crippen LogP contribution in [0.3, 0.4) is 0 Å². The summed E-state index contributed by atoms with van der Waals surface area (Å²) in [6, 6.07) is 0. The first-order chi connectivity index (χ1) is 12.3. The molecule has 2 aliphatic rings. The topological polar surface area (TPSA) is 71.1 Å². The zero-order chi connectivity index (χ0) is 19.2. The lowest BCUT2D eigenvalue weighted by Gasteiger charge is -2.26. The molecule has 142 valence electrons. The van der Waals surface area contributed by atoms with Gasteiger partial charge in [-0.05, 0) is 39.0 Å². The van der Waals surface area contributed by atoms with E-state index in [0.29, 0.717) is 13.0 Å². The predicted octanol–water partition coefficient (Wildman–Crippen LogP) is 2.18. The van der Waals surface area contributed by atoms with Crippen LogP contribution in [-0.2, 0) is 28.5 Å². The van der Waals surface area contributed by atoms with Crippen LogP contribution >= 0.6 is 0 Å². The third-order valence-electron chi connectivity index (χ3n) is 3.76. The molecular formula is C20H26O6. The van der Waals surface area contributed by atoms with Gasteiger partial charge in [0.2, 0.25) is 0 Å². The first-order valence-electron chi connectivity index (χ1n) is 8.70. The first-order valence-corrected chi connectivity index (χ1v) is 8.70. The van der Waals surface area contributed by atoms with Crippen molar-refractivity contribution in [1.29, 1.82) is 0 Å². The van der Waals surface area contributed by atoms with Gasteiger partial charge in [0.15, 0.2) is 0 Å². The summed E-state index contributed by atoms with van der Waals surface area (Å²) in [5.41, 5.74) is -0.544. The average molecular weight is 362 g/mol. The summed E-state index contributed by atoms with van der Waals surface area (Å²) in [5.74, 6) is 5.41. The first kappa shape index (κ1) is 20.2. The molecule has 0 unspecified atom stereocenters. The van der Waals surface area contributed by atoms with Crippen LogP contribution in [0.5, 0.6) is 0 Å². The molecule has 4 atom stereocenters.